The predicted octanol–water partition coefficient (Wildman–Crippen LogP) is 1.63. The molecule has 0 spiro atoms. The van der Waals surface area contributed by atoms with E-state index in [1.54, 1.807) is 6.92 Å². The lowest BCUT2D eigenvalue weighted by Crippen LogP contribution is -1.93. The predicted molar refractivity (Wildman–Crippen MR) is 45.9 cm³/mol. The van der Waals surface area contributed by atoms with Crippen LogP contribution in [0.15, 0.2) is 23.1 Å². The SMILES string of the molecule is Cc1ccc(O)cc1S(=O)(=O)Cl. The molecule has 0 heterocycles. The summed E-state index contributed by atoms with van der Waals surface area (Å²) in [6, 6.07) is 4.02. The maximum Gasteiger partial charge on any atom is 0.261 e. The molecular formula is C7H7ClO3S. The zero-order valence-electron chi connectivity index (χ0n) is 6.28. The fourth-order valence-corrected chi connectivity index (χ4v) is 2.06. The first-order valence-electron chi connectivity index (χ1n) is 3.15. The Morgan fingerprint density at radius 3 is 2.42 bits per heavy atom. The molecule has 0 bridgehead atoms. The highest BCUT2D eigenvalue weighted by atomic mass is 35.7. The van der Waals surface area contributed by atoms with E-state index in [0.29, 0.717) is 5.56 Å². The molecule has 0 radical (unpaired) electrons. The number of phenols is 1. The summed E-state index contributed by atoms with van der Waals surface area (Å²) < 4.78 is 21.7. The molecule has 0 aromatic heterocycles. The average Bonchev–Trinajstić information content (AvgIpc) is 1.92. The van der Waals surface area contributed by atoms with Crippen LogP contribution in [0.4, 0.5) is 0 Å². The summed E-state index contributed by atoms with van der Waals surface area (Å²) >= 11 is 0. The second kappa shape index (κ2) is 2.95. The van der Waals surface area contributed by atoms with Gasteiger partial charge in [-0.05, 0) is 18.6 Å². The van der Waals surface area contributed by atoms with Gasteiger partial charge in [-0.15, -0.1) is 0 Å². The molecular weight excluding hydrogens is 200 g/mol. The molecule has 1 rings (SSSR count). The Hall–Kier alpha value is -0.740. The monoisotopic (exact) mass is 206 g/mol. The highest BCUT2D eigenvalue weighted by Crippen LogP contribution is 2.23. The van der Waals surface area contributed by atoms with E-state index in [-0.39, 0.29) is 10.6 Å². The van der Waals surface area contributed by atoms with Crippen molar-refractivity contribution in [3.8, 4) is 5.75 Å². The number of halogens is 1. The second-order valence-corrected chi connectivity index (χ2v) is 4.92. The van der Waals surface area contributed by atoms with Gasteiger partial charge in [-0.3, -0.25) is 0 Å². The van der Waals surface area contributed by atoms with Crippen molar-refractivity contribution in [3.05, 3.63) is 23.8 Å². The Balaban J connectivity index is 3.43. The van der Waals surface area contributed by atoms with E-state index in [9.17, 15) is 8.42 Å². The number of aryl methyl sites for hydroxylation is 1. The van der Waals surface area contributed by atoms with Gasteiger partial charge in [0, 0.05) is 16.7 Å². The smallest absolute Gasteiger partial charge is 0.261 e. The number of hydrogen-bond acceptors (Lipinski definition) is 3. The van der Waals surface area contributed by atoms with E-state index in [4.69, 9.17) is 15.8 Å². The van der Waals surface area contributed by atoms with Crippen molar-refractivity contribution >= 4 is 19.7 Å². The van der Waals surface area contributed by atoms with E-state index in [1.165, 1.54) is 12.1 Å². The largest absolute Gasteiger partial charge is 0.508 e. The Morgan fingerprint density at radius 2 is 2.00 bits per heavy atom. The van der Waals surface area contributed by atoms with Gasteiger partial charge in [0.05, 0.1) is 4.90 Å². The van der Waals surface area contributed by atoms with Gasteiger partial charge in [-0.1, -0.05) is 6.07 Å². The summed E-state index contributed by atoms with van der Waals surface area (Å²) in [6.45, 7) is 1.61. The van der Waals surface area contributed by atoms with Crippen molar-refractivity contribution < 1.29 is 13.5 Å². The molecule has 3 nitrogen and oxygen atoms in total. The average molecular weight is 207 g/mol. The molecule has 1 aromatic carbocycles. The number of hydrogen-bond donors (Lipinski definition) is 1. The summed E-state index contributed by atoms with van der Waals surface area (Å²) in [7, 11) is 1.35. The van der Waals surface area contributed by atoms with Gasteiger partial charge >= 0.3 is 0 Å². The lowest BCUT2D eigenvalue weighted by molar-refractivity contribution is 0.473. The third-order valence-electron chi connectivity index (χ3n) is 1.43. The maximum atomic E-state index is 10.9. The van der Waals surface area contributed by atoms with E-state index in [1.807, 2.05) is 0 Å². The summed E-state index contributed by atoms with van der Waals surface area (Å²) in [5.41, 5.74) is 0.516. The van der Waals surface area contributed by atoms with Gasteiger partial charge in [0.25, 0.3) is 9.05 Å². The molecule has 1 aromatic rings. The van der Waals surface area contributed by atoms with E-state index >= 15 is 0 Å². The van der Waals surface area contributed by atoms with Gasteiger partial charge in [-0.2, -0.15) is 0 Å². The minimum Gasteiger partial charge on any atom is -0.508 e. The van der Waals surface area contributed by atoms with Gasteiger partial charge < -0.3 is 5.11 Å². The lowest BCUT2D eigenvalue weighted by atomic mass is 10.2. The first kappa shape index (κ1) is 9.35. The van der Waals surface area contributed by atoms with E-state index in [0.717, 1.165) is 6.07 Å². The number of rotatable bonds is 1. The van der Waals surface area contributed by atoms with Crippen LogP contribution in [0.2, 0.25) is 0 Å². The fraction of sp³-hybridized carbons (Fsp3) is 0.143. The standard InChI is InChI=1S/C7H7ClO3S/c1-5-2-3-6(9)4-7(5)12(8,10)11/h2-4,9H,1H3. The first-order chi connectivity index (χ1) is 5.41. The number of phenolic OH excluding ortho intramolecular Hbond substituents is 1. The molecule has 0 aliphatic heterocycles. The molecule has 0 aliphatic carbocycles. The highest BCUT2D eigenvalue weighted by Gasteiger charge is 2.13. The molecule has 0 atom stereocenters. The van der Waals surface area contributed by atoms with Crippen LogP contribution in [0, 0.1) is 6.92 Å². The Bertz CT molecular complexity index is 397. The topological polar surface area (TPSA) is 54.4 Å². The van der Waals surface area contributed by atoms with Crippen molar-refractivity contribution in [2.24, 2.45) is 0 Å². The molecule has 66 valence electrons. The van der Waals surface area contributed by atoms with Gasteiger partial charge in [0.15, 0.2) is 0 Å². The molecule has 0 aliphatic rings. The molecule has 0 saturated heterocycles. The second-order valence-electron chi connectivity index (χ2n) is 2.39. The minimum atomic E-state index is -3.74. The van der Waals surface area contributed by atoms with Gasteiger partial charge in [-0.25, -0.2) is 8.42 Å². The Kier molecular flexibility index (Phi) is 2.30. The van der Waals surface area contributed by atoms with E-state index < -0.39 is 9.05 Å². The Labute approximate surface area is 75.0 Å². The molecule has 0 saturated carbocycles. The molecule has 0 fully saturated rings. The third kappa shape index (κ3) is 1.89. The van der Waals surface area contributed by atoms with Crippen LogP contribution in [0.25, 0.3) is 0 Å². The summed E-state index contributed by atoms with van der Waals surface area (Å²) in [6.07, 6.45) is 0. The van der Waals surface area contributed by atoms with E-state index in [2.05, 4.69) is 0 Å². The van der Waals surface area contributed by atoms with Gasteiger partial charge in [0.1, 0.15) is 5.75 Å². The molecule has 0 unspecified atom stereocenters. The first-order valence-corrected chi connectivity index (χ1v) is 5.46. The Morgan fingerprint density at radius 1 is 1.42 bits per heavy atom. The number of aromatic hydroxyl groups is 1. The molecule has 12 heavy (non-hydrogen) atoms. The third-order valence-corrected chi connectivity index (χ3v) is 2.90. The highest BCUT2D eigenvalue weighted by molar-refractivity contribution is 8.13. The minimum absolute atomic E-state index is 0.0517. The zero-order valence-corrected chi connectivity index (χ0v) is 7.85. The van der Waals surface area contributed by atoms with Crippen LogP contribution < -0.4 is 0 Å². The van der Waals surface area contributed by atoms with Crippen molar-refractivity contribution in [1.29, 1.82) is 0 Å². The van der Waals surface area contributed by atoms with Crippen molar-refractivity contribution in [1.82, 2.24) is 0 Å². The molecule has 5 heteroatoms. The lowest BCUT2D eigenvalue weighted by Gasteiger charge is -2.00. The van der Waals surface area contributed by atoms with Crippen molar-refractivity contribution in [2.75, 3.05) is 0 Å². The normalized spacial score (nSPS) is 11.5. The summed E-state index contributed by atoms with van der Waals surface area (Å²) in [5.74, 6) is -0.111. The van der Waals surface area contributed by atoms with Crippen LogP contribution in [-0.4, -0.2) is 13.5 Å². The zero-order chi connectivity index (χ0) is 9.35. The van der Waals surface area contributed by atoms with Crippen LogP contribution in [-0.2, 0) is 9.05 Å². The maximum absolute atomic E-state index is 10.9. The van der Waals surface area contributed by atoms with Crippen molar-refractivity contribution in [3.63, 3.8) is 0 Å². The van der Waals surface area contributed by atoms with Crippen LogP contribution >= 0.6 is 10.7 Å². The van der Waals surface area contributed by atoms with Crippen molar-refractivity contribution in [2.45, 2.75) is 11.8 Å². The van der Waals surface area contributed by atoms with Crippen LogP contribution in [0.3, 0.4) is 0 Å². The summed E-state index contributed by atoms with van der Waals surface area (Å²) in [4.78, 5) is -0.0517. The quantitative estimate of drug-likeness (QED) is 0.711. The molecule has 0 amide bonds. The fourth-order valence-electron chi connectivity index (χ4n) is 0.851. The van der Waals surface area contributed by atoms with Gasteiger partial charge in [0.2, 0.25) is 0 Å². The molecule has 1 N–H and O–H groups in total. The summed E-state index contributed by atoms with van der Waals surface area (Å²) in [5, 5.41) is 8.98. The van der Waals surface area contributed by atoms with Crippen LogP contribution in [0.1, 0.15) is 5.56 Å². The van der Waals surface area contributed by atoms with Crippen LogP contribution in [0.5, 0.6) is 5.75 Å². The number of benzene rings is 1.